The lowest BCUT2D eigenvalue weighted by molar-refractivity contribution is -0.127. The van der Waals surface area contributed by atoms with E-state index in [1.54, 1.807) is 11.9 Å². The Bertz CT molecular complexity index is 343. The van der Waals surface area contributed by atoms with Crippen molar-refractivity contribution in [2.45, 2.75) is 6.92 Å². The summed E-state index contributed by atoms with van der Waals surface area (Å²) in [4.78, 5) is 17.3. The second-order valence-electron chi connectivity index (χ2n) is 3.11. The van der Waals surface area contributed by atoms with E-state index < -0.39 is 0 Å². The number of hydrogen-bond donors (Lipinski definition) is 1. The van der Waals surface area contributed by atoms with Gasteiger partial charge >= 0.3 is 0 Å². The number of nitrogens with one attached hydrogen (secondary N) is 1. The van der Waals surface area contributed by atoms with Gasteiger partial charge in [-0.1, -0.05) is 6.07 Å². The third-order valence-corrected chi connectivity index (χ3v) is 2.48. The van der Waals surface area contributed by atoms with E-state index in [4.69, 9.17) is 0 Å². The number of likely N-dealkylation sites (N-methyl/N-ethyl adjacent to an activating group) is 1. The van der Waals surface area contributed by atoms with E-state index in [2.05, 4.69) is 26.2 Å². The number of nitrogens with zero attached hydrogens (tertiary/aromatic N) is 2. The molecule has 0 aromatic carbocycles. The number of rotatable bonds is 4. The number of carbonyl (C=O) groups excluding carboxylic acids is 1. The second-order valence-corrected chi connectivity index (χ2v) is 3.92. The molecule has 0 radical (unpaired) electrons. The maximum absolute atomic E-state index is 11.5. The van der Waals surface area contributed by atoms with Crippen LogP contribution in [-0.2, 0) is 4.79 Å². The molecule has 0 aliphatic heterocycles. The standard InChI is InChI=1S/C10H14BrN3O/c1-3-14(2)10(15)7-12-9-6-4-5-8(11)13-9/h4-6H,3,7H2,1-2H3,(H,12,13). The minimum absolute atomic E-state index is 0.0549. The molecule has 1 amide bonds. The topological polar surface area (TPSA) is 45.2 Å². The number of hydrogen-bond acceptors (Lipinski definition) is 3. The number of carbonyl (C=O) groups is 1. The average Bonchev–Trinajstić information content (AvgIpc) is 2.25. The molecule has 5 heteroatoms. The predicted molar refractivity (Wildman–Crippen MR) is 63.7 cm³/mol. The molecule has 0 unspecified atom stereocenters. The average molecular weight is 272 g/mol. The Labute approximate surface area is 97.8 Å². The summed E-state index contributed by atoms with van der Waals surface area (Å²) in [6.07, 6.45) is 0. The van der Waals surface area contributed by atoms with E-state index in [0.717, 1.165) is 4.60 Å². The smallest absolute Gasteiger partial charge is 0.241 e. The molecule has 1 N–H and O–H groups in total. The van der Waals surface area contributed by atoms with Gasteiger partial charge in [-0.2, -0.15) is 0 Å². The van der Waals surface area contributed by atoms with Crippen LogP contribution in [0.2, 0.25) is 0 Å². The zero-order valence-electron chi connectivity index (χ0n) is 8.83. The van der Waals surface area contributed by atoms with Crippen LogP contribution in [0.3, 0.4) is 0 Å². The van der Waals surface area contributed by atoms with Crippen molar-refractivity contribution in [1.29, 1.82) is 0 Å². The molecule has 0 saturated heterocycles. The highest BCUT2D eigenvalue weighted by Crippen LogP contribution is 2.09. The molecule has 0 fully saturated rings. The van der Waals surface area contributed by atoms with Gasteiger partial charge in [-0.25, -0.2) is 4.98 Å². The van der Waals surface area contributed by atoms with Crippen LogP contribution in [-0.4, -0.2) is 35.9 Å². The molecule has 82 valence electrons. The molecular weight excluding hydrogens is 258 g/mol. The largest absolute Gasteiger partial charge is 0.361 e. The molecule has 0 spiro atoms. The molecule has 1 rings (SSSR count). The number of amides is 1. The van der Waals surface area contributed by atoms with Crippen molar-refractivity contribution in [2.75, 3.05) is 25.5 Å². The molecule has 0 aliphatic rings. The first-order valence-electron chi connectivity index (χ1n) is 4.74. The van der Waals surface area contributed by atoms with Crippen molar-refractivity contribution < 1.29 is 4.79 Å². The van der Waals surface area contributed by atoms with Gasteiger partial charge in [0.15, 0.2) is 0 Å². The van der Waals surface area contributed by atoms with Crippen LogP contribution in [0.4, 0.5) is 5.82 Å². The predicted octanol–water partition coefficient (Wildman–Crippen LogP) is 1.73. The fourth-order valence-corrected chi connectivity index (χ4v) is 1.33. The zero-order valence-corrected chi connectivity index (χ0v) is 10.4. The Kier molecular flexibility index (Phi) is 4.55. The minimum atomic E-state index is 0.0549. The van der Waals surface area contributed by atoms with E-state index in [9.17, 15) is 4.79 Å². The molecule has 0 atom stereocenters. The van der Waals surface area contributed by atoms with Crippen molar-refractivity contribution >= 4 is 27.7 Å². The zero-order chi connectivity index (χ0) is 11.3. The highest BCUT2D eigenvalue weighted by molar-refractivity contribution is 9.10. The van der Waals surface area contributed by atoms with Gasteiger partial charge < -0.3 is 10.2 Å². The highest BCUT2D eigenvalue weighted by atomic mass is 79.9. The Morgan fingerprint density at radius 1 is 1.60 bits per heavy atom. The Hall–Kier alpha value is -1.10. The molecule has 1 heterocycles. The van der Waals surface area contributed by atoms with Crippen molar-refractivity contribution in [1.82, 2.24) is 9.88 Å². The molecule has 15 heavy (non-hydrogen) atoms. The third kappa shape index (κ3) is 3.87. The molecule has 1 aromatic heterocycles. The molecule has 0 saturated carbocycles. The van der Waals surface area contributed by atoms with Crippen LogP contribution >= 0.6 is 15.9 Å². The monoisotopic (exact) mass is 271 g/mol. The number of anilines is 1. The van der Waals surface area contributed by atoms with Gasteiger partial charge in [-0.3, -0.25) is 4.79 Å². The first-order valence-corrected chi connectivity index (χ1v) is 5.53. The molecule has 0 bridgehead atoms. The summed E-state index contributed by atoms with van der Waals surface area (Å²) in [5, 5.41) is 2.97. The Morgan fingerprint density at radius 3 is 2.93 bits per heavy atom. The third-order valence-electron chi connectivity index (χ3n) is 2.04. The number of halogens is 1. The fourth-order valence-electron chi connectivity index (χ4n) is 0.984. The van der Waals surface area contributed by atoms with E-state index in [1.165, 1.54) is 0 Å². The summed E-state index contributed by atoms with van der Waals surface area (Å²) in [5.74, 6) is 0.751. The summed E-state index contributed by atoms with van der Waals surface area (Å²) in [7, 11) is 1.78. The molecule has 4 nitrogen and oxygen atoms in total. The van der Waals surface area contributed by atoms with Crippen LogP contribution in [0, 0.1) is 0 Å². The van der Waals surface area contributed by atoms with Crippen LogP contribution in [0.25, 0.3) is 0 Å². The maximum Gasteiger partial charge on any atom is 0.241 e. The fraction of sp³-hybridized carbons (Fsp3) is 0.400. The van der Waals surface area contributed by atoms with Crippen LogP contribution in [0.5, 0.6) is 0 Å². The summed E-state index contributed by atoms with van der Waals surface area (Å²) in [6, 6.07) is 5.53. The molecular formula is C10H14BrN3O. The number of pyridine rings is 1. The van der Waals surface area contributed by atoms with Crippen molar-refractivity contribution in [2.24, 2.45) is 0 Å². The Balaban J connectivity index is 2.47. The quantitative estimate of drug-likeness (QED) is 0.849. The molecule has 1 aromatic rings. The van der Waals surface area contributed by atoms with Gasteiger partial charge in [-0.15, -0.1) is 0 Å². The van der Waals surface area contributed by atoms with E-state index >= 15 is 0 Å². The van der Waals surface area contributed by atoms with E-state index in [1.807, 2.05) is 25.1 Å². The Morgan fingerprint density at radius 2 is 2.33 bits per heavy atom. The van der Waals surface area contributed by atoms with Crippen LogP contribution in [0.1, 0.15) is 6.92 Å². The van der Waals surface area contributed by atoms with E-state index in [-0.39, 0.29) is 12.5 Å². The highest BCUT2D eigenvalue weighted by Gasteiger charge is 2.05. The van der Waals surface area contributed by atoms with Gasteiger partial charge in [0.05, 0.1) is 6.54 Å². The van der Waals surface area contributed by atoms with Crippen molar-refractivity contribution in [3.05, 3.63) is 22.8 Å². The lowest BCUT2D eigenvalue weighted by Crippen LogP contribution is -2.32. The minimum Gasteiger partial charge on any atom is -0.361 e. The first-order chi connectivity index (χ1) is 7.13. The van der Waals surface area contributed by atoms with Gasteiger partial charge in [0.2, 0.25) is 5.91 Å². The molecule has 0 aliphatic carbocycles. The van der Waals surface area contributed by atoms with Gasteiger partial charge in [0.25, 0.3) is 0 Å². The van der Waals surface area contributed by atoms with Crippen molar-refractivity contribution in [3.63, 3.8) is 0 Å². The van der Waals surface area contributed by atoms with Gasteiger partial charge in [0.1, 0.15) is 10.4 Å². The lowest BCUT2D eigenvalue weighted by atomic mass is 10.4. The van der Waals surface area contributed by atoms with Gasteiger partial charge in [-0.05, 0) is 35.0 Å². The van der Waals surface area contributed by atoms with Gasteiger partial charge in [0, 0.05) is 13.6 Å². The number of aromatic nitrogens is 1. The van der Waals surface area contributed by atoms with Crippen LogP contribution in [0.15, 0.2) is 22.8 Å². The summed E-state index contributed by atoms with van der Waals surface area (Å²) in [6.45, 7) is 2.93. The summed E-state index contributed by atoms with van der Waals surface area (Å²) in [5.41, 5.74) is 0. The summed E-state index contributed by atoms with van der Waals surface area (Å²) < 4.78 is 0.754. The summed E-state index contributed by atoms with van der Waals surface area (Å²) >= 11 is 3.27. The SMILES string of the molecule is CCN(C)C(=O)CNc1cccc(Br)n1. The second kappa shape index (κ2) is 5.70. The van der Waals surface area contributed by atoms with Crippen LogP contribution < -0.4 is 5.32 Å². The normalized spacial score (nSPS) is 9.80. The maximum atomic E-state index is 11.5. The lowest BCUT2D eigenvalue weighted by Gasteiger charge is -2.14. The van der Waals surface area contributed by atoms with Crippen molar-refractivity contribution in [3.8, 4) is 0 Å². The first kappa shape index (κ1) is 12.0. The van der Waals surface area contributed by atoms with E-state index in [0.29, 0.717) is 12.4 Å².